The van der Waals surface area contributed by atoms with Gasteiger partial charge in [0, 0.05) is 23.5 Å². The van der Waals surface area contributed by atoms with Crippen LogP contribution in [0.3, 0.4) is 0 Å². The Morgan fingerprint density at radius 2 is 1.94 bits per heavy atom. The maximum absolute atomic E-state index is 10.7. The van der Waals surface area contributed by atoms with Crippen molar-refractivity contribution in [2.45, 2.75) is 6.92 Å². The van der Waals surface area contributed by atoms with Gasteiger partial charge in [-0.1, -0.05) is 18.1 Å². The number of nitrogens with zero attached hydrogens (tertiary/aromatic N) is 1. The first-order valence-corrected chi connectivity index (χ1v) is 5.37. The molecule has 0 aliphatic rings. The summed E-state index contributed by atoms with van der Waals surface area (Å²) in [6.07, 6.45) is 8.72. The summed E-state index contributed by atoms with van der Waals surface area (Å²) in [5.41, 5.74) is 7.22. The van der Waals surface area contributed by atoms with Crippen molar-refractivity contribution in [3.63, 3.8) is 0 Å². The predicted molar refractivity (Wildman–Crippen MR) is 71.9 cm³/mol. The third-order valence-corrected chi connectivity index (χ3v) is 2.24. The molecule has 2 aromatic rings. The molecule has 2 N–H and O–H groups in total. The second-order valence-corrected chi connectivity index (χ2v) is 3.56. The average molecular weight is 238 g/mol. The van der Waals surface area contributed by atoms with Crippen LogP contribution in [0.4, 0.5) is 0 Å². The summed E-state index contributed by atoms with van der Waals surface area (Å²) >= 11 is 0. The average Bonchev–Trinajstić information content (AvgIpc) is 2.41. The summed E-state index contributed by atoms with van der Waals surface area (Å²) in [7, 11) is 0. The molecule has 3 nitrogen and oxygen atoms in total. The van der Waals surface area contributed by atoms with Crippen LogP contribution in [0.15, 0.2) is 48.8 Å². The second-order valence-electron chi connectivity index (χ2n) is 3.56. The Kier molecular flexibility index (Phi) is 5.14. The summed E-state index contributed by atoms with van der Waals surface area (Å²) in [5.74, 6) is 2.03. The standard InChI is InChI=1S/C10H9NO.C5H5N/c1-3-8-6-9(10(11)12)5-4-7(8)2;1-2-4-6-5-3-1/h1,4-6H,2H3,(H2,11,12);1-5H. The van der Waals surface area contributed by atoms with Crippen molar-refractivity contribution in [3.8, 4) is 12.3 Å². The van der Waals surface area contributed by atoms with Gasteiger partial charge in [0.25, 0.3) is 0 Å². The summed E-state index contributed by atoms with van der Waals surface area (Å²) in [4.78, 5) is 14.5. The van der Waals surface area contributed by atoms with Gasteiger partial charge >= 0.3 is 0 Å². The Hall–Kier alpha value is -2.60. The molecule has 0 aliphatic heterocycles. The van der Waals surface area contributed by atoms with Crippen molar-refractivity contribution in [3.05, 3.63) is 65.5 Å². The molecule has 0 radical (unpaired) electrons. The van der Waals surface area contributed by atoms with E-state index in [1.54, 1.807) is 30.6 Å². The predicted octanol–water partition coefficient (Wildman–Crippen LogP) is 2.16. The van der Waals surface area contributed by atoms with Gasteiger partial charge in [0.2, 0.25) is 5.91 Å². The highest BCUT2D eigenvalue weighted by molar-refractivity contribution is 5.93. The van der Waals surface area contributed by atoms with Gasteiger partial charge in [-0.2, -0.15) is 0 Å². The molecule has 90 valence electrons. The van der Waals surface area contributed by atoms with E-state index in [2.05, 4.69) is 10.9 Å². The summed E-state index contributed by atoms with van der Waals surface area (Å²) in [6.45, 7) is 1.89. The molecule has 3 heteroatoms. The molecule has 18 heavy (non-hydrogen) atoms. The monoisotopic (exact) mass is 238 g/mol. The van der Waals surface area contributed by atoms with Crippen molar-refractivity contribution >= 4 is 5.91 Å². The van der Waals surface area contributed by atoms with Crippen LogP contribution in [0.1, 0.15) is 21.5 Å². The van der Waals surface area contributed by atoms with Crippen LogP contribution in [-0.2, 0) is 0 Å². The first kappa shape index (κ1) is 13.5. The normalized spacial score (nSPS) is 8.67. The number of aryl methyl sites for hydroxylation is 1. The highest BCUT2D eigenvalue weighted by Gasteiger charge is 2.01. The quantitative estimate of drug-likeness (QED) is 0.774. The first-order chi connectivity index (χ1) is 8.65. The van der Waals surface area contributed by atoms with E-state index in [9.17, 15) is 4.79 Å². The summed E-state index contributed by atoms with van der Waals surface area (Å²) < 4.78 is 0. The molecule has 1 heterocycles. The van der Waals surface area contributed by atoms with Gasteiger partial charge in [-0.05, 0) is 36.8 Å². The number of carbonyl (C=O) groups excluding carboxylic acids is 1. The number of terminal acetylenes is 1. The smallest absolute Gasteiger partial charge is 0.248 e. The third kappa shape index (κ3) is 4.11. The van der Waals surface area contributed by atoms with E-state index in [-0.39, 0.29) is 0 Å². The summed E-state index contributed by atoms with van der Waals surface area (Å²) in [6, 6.07) is 10.8. The minimum absolute atomic E-state index is 0.452. The lowest BCUT2D eigenvalue weighted by molar-refractivity contribution is 0.100. The molecule has 0 saturated heterocycles. The van der Waals surface area contributed by atoms with E-state index < -0.39 is 5.91 Å². The van der Waals surface area contributed by atoms with E-state index in [1.807, 2.05) is 25.1 Å². The molecule has 0 atom stereocenters. The van der Waals surface area contributed by atoms with E-state index in [0.717, 1.165) is 5.56 Å². The van der Waals surface area contributed by atoms with Crippen LogP contribution in [-0.4, -0.2) is 10.9 Å². The summed E-state index contributed by atoms with van der Waals surface area (Å²) in [5, 5.41) is 0. The number of pyridine rings is 1. The molecule has 1 amide bonds. The second kappa shape index (κ2) is 6.87. The fourth-order valence-electron chi connectivity index (χ4n) is 1.24. The largest absolute Gasteiger partial charge is 0.366 e. The first-order valence-electron chi connectivity index (χ1n) is 5.37. The fraction of sp³-hybridized carbons (Fsp3) is 0.0667. The van der Waals surface area contributed by atoms with Crippen molar-refractivity contribution in [1.29, 1.82) is 0 Å². The van der Waals surface area contributed by atoms with Crippen LogP contribution in [0.5, 0.6) is 0 Å². The molecule has 0 fully saturated rings. The molecule has 2 rings (SSSR count). The van der Waals surface area contributed by atoms with Gasteiger partial charge in [-0.15, -0.1) is 6.42 Å². The molecule has 0 bridgehead atoms. The van der Waals surface area contributed by atoms with Crippen LogP contribution in [0.2, 0.25) is 0 Å². The lowest BCUT2D eigenvalue weighted by Crippen LogP contribution is -2.11. The minimum Gasteiger partial charge on any atom is -0.366 e. The zero-order chi connectivity index (χ0) is 13.4. The molecule has 0 spiro atoms. The van der Waals surface area contributed by atoms with E-state index in [0.29, 0.717) is 11.1 Å². The third-order valence-electron chi connectivity index (χ3n) is 2.24. The lowest BCUT2D eigenvalue weighted by Gasteiger charge is -1.99. The maximum atomic E-state index is 10.7. The number of amides is 1. The lowest BCUT2D eigenvalue weighted by atomic mass is 10.1. The van der Waals surface area contributed by atoms with E-state index in [4.69, 9.17) is 12.2 Å². The SMILES string of the molecule is C#Cc1cc(C(N)=O)ccc1C.c1ccncc1. The van der Waals surface area contributed by atoms with Gasteiger partial charge in [0.05, 0.1) is 0 Å². The zero-order valence-electron chi connectivity index (χ0n) is 10.1. The topological polar surface area (TPSA) is 56.0 Å². The van der Waals surface area contributed by atoms with Gasteiger partial charge in [0.15, 0.2) is 0 Å². The Balaban J connectivity index is 0.000000225. The number of carbonyl (C=O) groups is 1. The Morgan fingerprint density at radius 1 is 1.28 bits per heavy atom. The van der Waals surface area contributed by atoms with E-state index in [1.165, 1.54) is 0 Å². The molecule has 1 aromatic carbocycles. The molecule has 0 unspecified atom stereocenters. The number of primary amides is 1. The van der Waals surface area contributed by atoms with Gasteiger partial charge < -0.3 is 5.73 Å². The number of nitrogens with two attached hydrogens (primary N) is 1. The number of hydrogen-bond acceptors (Lipinski definition) is 2. The highest BCUT2D eigenvalue weighted by atomic mass is 16.1. The van der Waals surface area contributed by atoms with Gasteiger partial charge in [-0.3, -0.25) is 9.78 Å². The van der Waals surface area contributed by atoms with E-state index >= 15 is 0 Å². The molecule has 0 saturated carbocycles. The van der Waals surface area contributed by atoms with Crippen LogP contribution < -0.4 is 5.73 Å². The fourth-order valence-corrected chi connectivity index (χ4v) is 1.24. The Bertz CT molecular complexity index is 530. The van der Waals surface area contributed by atoms with Crippen LogP contribution in [0, 0.1) is 19.3 Å². The van der Waals surface area contributed by atoms with Crippen molar-refractivity contribution in [2.75, 3.05) is 0 Å². The number of aromatic nitrogens is 1. The molecular formula is C15H14N2O. The maximum Gasteiger partial charge on any atom is 0.248 e. The van der Waals surface area contributed by atoms with Crippen molar-refractivity contribution < 1.29 is 4.79 Å². The van der Waals surface area contributed by atoms with Crippen LogP contribution in [0.25, 0.3) is 0 Å². The van der Waals surface area contributed by atoms with Gasteiger partial charge in [-0.25, -0.2) is 0 Å². The molecule has 1 aromatic heterocycles. The minimum atomic E-state index is -0.452. The number of benzene rings is 1. The van der Waals surface area contributed by atoms with Gasteiger partial charge in [0.1, 0.15) is 0 Å². The van der Waals surface area contributed by atoms with Crippen molar-refractivity contribution in [1.82, 2.24) is 4.98 Å². The van der Waals surface area contributed by atoms with Crippen molar-refractivity contribution in [2.24, 2.45) is 5.73 Å². The molecule has 0 aliphatic carbocycles. The molecular weight excluding hydrogens is 224 g/mol. The zero-order valence-corrected chi connectivity index (χ0v) is 10.1. The Labute approximate surface area is 107 Å². The Morgan fingerprint density at radius 3 is 2.33 bits per heavy atom. The highest BCUT2D eigenvalue weighted by Crippen LogP contribution is 2.09. The number of hydrogen-bond donors (Lipinski definition) is 1. The van der Waals surface area contributed by atoms with Crippen LogP contribution >= 0.6 is 0 Å². The number of rotatable bonds is 1.